The van der Waals surface area contributed by atoms with Crippen LogP contribution in [0.4, 0.5) is 0 Å². The summed E-state index contributed by atoms with van der Waals surface area (Å²) in [4.78, 5) is 29.1. The number of benzene rings is 1. The number of hydrogen-bond donors (Lipinski definition) is 0. The Morgan fingerprint density at radius 3 is 2.54 bits per heavy atom. The summed E-state index contributed by atoms with van der Waals surface area (Å²) in [6, 6.07) is 5.36. The van der Waals surface area contributed by atoms with E-state index < -0.39 is 5.69 Å². The van der Waals surface area contributed by atoms with Crippen LogP contribution in [0.25, 0.3) is 11.2 Å². The molecule has 0 saturated carbocycles. The molecule has 24 heavy (non-hydrogen) atoms. The molecule has 0 fully saturated rings. The summed E-state index contributed by atoms with van der Waals surface area (Å²) in [6.07, 6.45) is 1.52. The van der Waals surface area contributed by atoms with Gasteiger partial charge in [-0.2, -0.15) is 0 Å². The number of fused-ring (bicyclic) bond motifs is 1. The van der Waals surface area contributed by atoms with E-state index in [1.807, 2.05) is 6.07 Å². The second-order valence-corrected chi connectivity index (χ2v) is 5.44. The normalized spacial score (nSPS) is 11.0. The third kappa shape index (κ3) is 2.36. The maximum absolute atomic E-state index is 12.6. The van der Waals surface area contributed by atoms with Crippen molar-refractivity contribution < 1.29 is 9.47 Å². The molecule has 0 unspecified atom stereocenters. The molecule has 0 aliphatic rings. The van der Waals surface area contributed by atoms with E-state index in [0.29, 0.717) is 22.7 Å². The van der Waals surface area contributed by atoms with Gasteiger partial charge in [-0.3, -0.25) is 13.9 Å². The molecule has 0 amide bonds. The van der Waals surface area contributed by atoms with Gasteiger partial charge in [0.15, 0.2) is 11.2 Å². The number of hydrogen-bond acceptors (Lipinski definition) is 5. The molecule has 3 rings (SSSR count). The van der Waals surface area contributed by atoms with Crippen LogP contribution in [0.5, 0.6) is 11.5 Å². The molecule has 2 heterocycles. The highest BCUT2D eigenvalue weighted by molar-refractivity contribution is 5.70. The van der Waals surface area contributed by atoms with Gasteiger partial charge in [-0.15, -0.1) is 0 Å². The van der Waals surface area contributed by atoms with Crippen molar-refractivity contribution in [3.05, 3.63) is 50.9 Å². The lowest BCUT2D eigenvalue weighted by molar-refractivity contribution is 0.390. The zero-order chi connectivity index (χ0) is 17.4. The van der Waals surface area contributed by atoms with Crippen LogP contribution in [0.3, 0.4) is 0 Å². The lowest BCUT2D eigenvalue weighted by Gasteiger charge is -2.13. The number of imidazole rings is 1. The smallest absolute Gasteiger partial charge is 0.332 e. The fraction of sp³-hybridized carbons (Fsp3) is 0.312. The van der Waals surface area contributed by atoms with E-state index in [2.05, 4.69) is 4.98 Å². The average Bonchev–Trinajstić information content (AvgIpc) is 2.98. The first kappa shape index (κ1) is 15.9. The average molecular weight is 330 g/mol. The highest BCUT2D eigenvalue weighted by atomic mass is 16.5. The van der Waals surface area contributed by atoms with Crippen LogP contribution in [0.1, 0.15) is 5.56 Å². The highest BCUT2D eigenvalue weighted by Gasteiger charge is 2.16. The van der Waals surface area contributed by atoms with E-state index >= 15 is 0 Å². The third-order valence-corrected chi connectivity index (χ3v) is 4.02. The number of aromatic nitrogens is 4. The van der Waals surface area contributed by atoms with E-state index in [0.717, 1.165) is 10.1 Å². The molecule has 0 aliphatic carbocycles. The zero-order valence-electron chi connectivity index (χ0n) is 13.9. The van der Waals surface area contributed by atoms with Crippen LogP contribution >= 0.6 is 0 Å². The minimum atomic E-state index is -0.427. The predicted octanol–water partition coefficient (Wildman–Crippen LogP) is 0.499. The molecule has 8 heteroatoms. The van der Waals surface area contributed by atoms with Crippen molar-refractivity contribution in [3.63, 3.8) is 0 Å². The van der Waals surface area contributed by atoms with Gasteiger partial charge in [0.25, 0.3) is 5.56 Å². The van der Waals surface area contributed by atoms with Gasteiger partial charge < -0.3 is 14.0 Å². The summed E-state index contributed by atoms with van der Waals surface area (Å²) in [5.74, 6) is 1.26. The number of ether oxygens (including phenoxy) is 2. The van der Waals surface area contributed by atoms with Crippen molar-refractivity contribution in [2.45, 2.75) is 6.54 Å². The molecule has 126 valence electrons. The first-order valence-corrected chi connectivity index (χ1v) is 7.29. The molecule has 0 bridgehead atoms. The fourth-order valence-electron chi connectivity index (χ4n) is 2.67. The van der Waals surface area contributed by atoms with Crippen molar-refractivity contribution >= 4 is 11.2 Å². The van der Waals surface area contributed by atoms with Gasteiger partial charge in [-0.25, -0.2) is 9.78 Å². The molecule has 0 N–H and O–H groups in total. The number of aryl methyl sites for hydroxylation is 1. The van der Waals surface area contributed by atoms with E-state index in [1.54, 1.807) is 38.0 Å². The Morgan fingerprint density at radius 1 is 1.12 bits per heavy atom. The molecule has 1 aromatic carbocycles. The fourth-order valence-corrected chi connectivity index (χ4v) is 2.67. The zero-order valence-corrected chi connectivity index (χ0v) is 13.9. The first-order valence-electron chi connectivity index (χ1n) is 7.29. The minimum Gasteiger partial charge on any atom is -0.497 e. The molecule has 3 aromatic rings. The maximum Gasteiger partial charge on any atom is 0.332 e. The van der Waals surface area contributed by atoms with Crippen LogP contribution in [0.15, 0.2) is 34.1 Å². The van der Waals surface area contributed by atoms with Gasteiger partial charge in [0.1, 0.15) is 11.5 Å². The van der Waals surface area contributed by atoms with E-state index in [-0.39, 0.29) is 12.1 Å². The summed E-state index contributed by atoms with van der Waals surface area (Å²) in [7, 11) is 6.31. The van der Waals surface area contributed by atoms with Crippen LogP contribution in [-0.2, 0) is 20.6 Å². The lowest BCUT2D eigenvalue weighted by atomic mass is 10.2. The van der Waals surface area contributed by atoms with Crippen molar-refractivity contribution in [1.29, 1.82) is 0 Å². The quantitative estimate of drug-likeness (QED) is 0.696. The second-order valence-electron chi connectivity index (χ2n) is 5.44. The van der Waals surface area contributed by atoms with Crippen LogP contribution in [0.2, 0.25) is 0 Å². The molecule has 0 atom stereocenters. The van der Waals surface area contributed by atoms with Crippen LogP contribution in [-0.4, -0.2) is 32.9 Å². The maximum atomic E-state index is 12.6. The number of rotatable bonds is 4. The molecule has 0 spiro atoms. The Kier molecular flexibility index (Phi) is 3.88. The summed E-state index contributed by atoms with van der Waals surface area (Å²) in [5, 5.41) is 0. The highest BCUT2D eigenvalue weighted by Crippen LogP contribution is 2.25. The summed E-state index contributed by atoms with van der Waals surface area (Å²) in [5.41, 5.74) is 0.719. The van der Waals surface area contributed by atoms with E-state index in [9.17, 15) is 9.59 Å². The van der Waals surface area contributed by atoms with E-state index in [4.69, 9.17) is 9.47 Å². The minimum absolute atomic E-state index is 0.230. The van der Waals surface area contributed by atoms with Gasteiger partial charge in [0.2, 0.25) is 0 Å². The summed E-state index contributed by atoms with van der Waals surface area (Å²) < 4.78 is 14.7. The first-order chi connectivity index (χ1) is 11.5. The predicted molar refractivity (Wildman–Crippen MR) is 88.9 cm³/mol. The lowest BCUT2D eigenvalue weighted by Crippen LogP contribution is -2.38. The molecule has 2 aromatic heterocycles. The van der Waals surface area contributed by atoms with Gasteiger partial charge >= 0.3 is 5.69 Å². The van der Waals surface area contributed by atoms with Crippen molar-refractivity contribution in [3.8, 4) is 11.5 Å². The van der Waals surface area contributed by atoms with Crippen molar-refractivity contribution in [2.24, 2.45) is 14.1 Å². The molecular formula is C16H18N4O4. The molecular weight excluding hydrogens is 312 g/mol. The Hall–Kier alpha value is -3.03. The topological polar surface area (TPSA) is 80.3 Å². The molecule has 0 radical (unpaired) electrons. The standard InChI is InChI=1S/C16H18N4O4/c1-18-9-17-14-13(18)15(21)19(2)16(22)20(14)8-10-5-6-11(23-3)7-12(10)24-4/h5-7,9H,8H2,1-4H3. The van der Waals surface area contributed by atoms with Gasteiger partial charge in [-0.1, -0.05) is 0 Å². The summed E-state index contributed by atoms with van der Waals surface area (Å²) in [6.45, 7) is 0.230. The Bertz CT molecular complexity index is 1030. The largest absolute Gasteiger partial charge is 0.497 e. The van der Waals surface area contributed by atoms with Gasteiger partial charge in [0, 0.05) is 25.7 Å². The SMILES string of the molecule is COc1ccc(Cn2c(=O)n(C)c(=O)c3c2ncn3C)c(OC)c1. The van der Waals surface area contributed by atoms with Crippen molar-refractivity contribution in [2.75, 3.05) is 14.2 Å². The monoisotopic (exact) mass is 330 g/mol. The molecule has 0 saturated heterocycles. The van der Waals surface area contributed by atoms with E-state index in [1.165, 1.54) is 17.9 Å². The van der Waals surface area contributed by atoms with Gasteiger partial charge in [-0.05, 0) is 12.1 Å². The number of methoxy groups -OCH3 is 2. The van der Waals surface area contributed by atoms with Crippen LogP contribution in [0, 0.1) is 0 Å². The van der Waals surface area contributed by atoms with Gasteiger partial charge in [0.05, 0.1) is 27.1 Å². The molecule has 8 nitrogen and oxygen atoms in total. The second kappa shape index (κ2) is 5.88. The Morgan fingerprint density at radius 2 is 1.88 bits per heavy atom. The van der Waals surface area contributed by atoms with Crippen LogP contribution < -0.4 is 20.7 Å². The Balaban J connectivity index is 2.22. The number of nitrogens with zero attached hydrogens (tertiary/aromatic N) is 4. The van der Waals surface area contributed by atoms with Crippen molar-refractivity contribution in [1.82, 2.24) is 18.7 Å². The molecule has 0 aliphatic heterocycles. The summed E-state index contributed by atoms with van der Waals surface area (Å²) >= 11 is 0. The third-order valence-electron chi connectivity index (χ3n) is 4.02. The Labute approximate surface area is 137 Å².